The largest absolute Gasteiger partial charge is 0.393 e. The molecule has 8 heteroatoms. The molecule has 1 aliphatic rings. The second-order valence-corrected chi connectivity index (χ2v) is 6.97. The van der Waals surface area contributed by atoms with Crippen LogP contribution in [0.4, 0.5) is 8.78 Å². The third-order valence-electron chi connectivity index (χ3n) is 3.35. The summed E-state index contributed by atoms with van der Waals surface area (Å²) in [7, 11) is -4.23. The van der Waals surface area contributed by atoms with Crippen molar-refractivity contribution in [2.45, 2.75) is 30.3 Å². The Morgan fingerprint density at radius 1 is 1.35 bits per heavy atom. The minimum absolute atomic E-state index is 0.0184. The standard InChI is InChI=1S/C12H14ClF2NO3S/c13-9-3-4-10(14)11(15)12(9)20(18,19)16-6-7-1-2-8(17)5-7/h3-4,7-8,16-17H,1-2,5-6H2. The van der Waals surface area contributed by atoms with E-state index < -0.39 is 32.7 Å². The van der Waals surface area contributed by atoms with Crippen LogP contribution in [0.3, 0.4) is 0 Å². The van der Waals surface area contributed by atoms with E-state index in [1.807, 2.05) is 0 Å². The van der Waals surface area contributed by atoms with E-state index in [4.69, 9.17) is 11.6 Å². The van der Waals surface area contributed by atoms with E-state index in [2.05, 4.69) is 4.72 Å². The van der Waals surface area contributed by atoms with Gasteiger partial charge >= 0.3 is 0 Å². The van der Waals surface area contributed by atoms with Crippen LogP contribution in [0.5, 0.6) is 0 Å². The van der Waals surface area contributed by atoms with Gasteiger partial charge in [-0.05, 0) is 37.3 Å². The summed E-state index contributed by atoms with van der Waals surface area (Å²) in [5, 5.41) is 8.99. The maximum Gasteiger partial charge on any atom is 0.245 e. The number of benzene rings is 1. The summed E-state index contributed by atoms with van der Waals surface area (Å²) < 4.78 is 52.9. The molecule has 0 radical (unpaired) electrons. The van der Waals surface area contributed by atoms with Gasteiger partial charge in [0.25, 0.3) is 0 Å². The van der Waals surface area contributed by atoms with E-state index in [0.29, 0.717) is 19.3 Å². The molecule has 1 aromatic carbocycles. The highest BCUT2D eigenvalue weighted by Crippen LogP contribution is 2.28. The van der Waals surface area contributed by atoms with E-state index in [0.717, 1.165) is 12.1 Å². The van der Waals surface area contributed by atoms with E-state index in [1.165, 1.54) is 0 Å². The first kappa shape index (κ1) is 15.6. The van der Waals surface area contributed by atoms with Crippen molar-refractivity contribution < 1.29 is 22.3 Å². The van der Waals surface area contributed by atoms with Crippen molar-refractivity contribution in [2.24, 2.45) is 5.92 Å². The molecule has 2 unspecified atom stereocenters. The Kier molecular flexibility index (Phi) is 4.63. The minimum atomic E-state index is -4.23. The van der Waals surface area contributed by atoms with Gasteiger partial charge in [-0.25, -0.2) is 21.9 Å². The van der Waals surface area contributed by atoms with Gasteiger partial charge in [0, 0.05) is 6.54 Å². The van der Waals surface area contributed by atoms with Crippen LogP contribution in [0, 0.1) is 17.6 Å². The Labute approximate surface area is 120 Å². The minimum Gasteiger partial charge on any atom is -0.393 e. The van der Waals surface area contributed by atoms with Gasteiger partial charge in [-0.1, -0.05) is 11.6 Å². The van der Waals surface area contributed by atoms with E-state index >= 15 is 0 Å². The van der Waals surface area contributed by atoms with Crippen molar-refractivity contribution >= 4 is 21.6 Å². The first-order valence-electron chi connectivity index (χ1n) is 6.12. The molecule has 0 amide bonds. The Bertz CT molecular complexity index is 609. The first-order valence-corrected chi connectivity index (χ1v) is 7.98. The molecule has 4 nitrogen and oxygen atoms in total. The van der Waals surface area contributed by atoms with Crippen molar-refractivity contribution in [2.75, 3.05) is 6.54 Å². The lowest BCUT2D eigenvalue weighted by Crippen LogP contribution is -2.30. The number of aliphatic hydroxyl groups is 1. The summed E-state index contributed by atoms with van der Waals surface area (Å²) in [6, 6.07) is 1.76. The van der Waals surface area contributed by atoms with Crippen LogP contribution in [-0.4, -0.2) is 26.2 Å². The Morgan fingerprint density at radius 2 is 2.05 bits per heavy atom. The van der Waals surface area contributed by atoms with Crippen LogP contribution in [0.2, 0.25) is 5.02 Å². The molecule has 1 saturated carbocycles. The molecule has 1 aliphatic carbocycles. The number of halogens is 3. The number of hydrogen-bond acceptors (Lipinski definition) is 3. The summed E-state index contributed by atoms with van der Waals surface area (Å²) in [6.07, 6.45) is 1.35. The number of aliphatic hydroxyl groups excluding tert-OH is 1. The Balaban J connectivity index is 2.17. The highest BCUT2D eigenvalue weighted by Gasteiger charge is 2.28. The molecule has 0 bridgehead atoms. The second-order valence-electron chi connectivity index (χ2n) is 4.86. The highest BCUT2D eigenvalue weighted by molar-refractivity contribution is 7.89. The maximum atomic E-state index is 13.6. The molecule has 2 atom stereocenters. The smallest absolute Gasteiger partial charge is 0.245 e. The summed E-state index contributed by atoms with van der Waals surface area (Å²) in [5.74, 6) is -2.78. The molecule has 0 heterocycles. The van der Waals surface area contributed by atoms with E-state index in [1.54, 1.807) is 0 Å². The van der Waals surface area contributed by atoms with E-state index in [-0.39, 0.29) is 17.5 Å². The molecule has 2 rings (SSSR count). The van der Waals surface area contributed by atoms with Gasteiger partial charge in [0.2, 0.25) is 10.0 Å². The molecule has 2 N–H and O–H groups in total. The van der Waals surface area contributed by atoms with E-state index in [9.17, 15) is 22.3 Å². The van der Waals surface area contributed by atoms with Gasteiger partial charge in [-0.15, -0.1) is 0 Å². The fraction of sp³-hybridized carbons (Fsp3) is 0.500. The molecule has 0 spiro atoms. The van der Waals surface area contributed by atoms with Crippen molar-refractivity contribution in [3.8, 4) is 0 Å². The summed E-state index contributed by atoms with van der Waals surface area (Å²) >= 11 is 5.64. The lowest BCUT2D eigenvalue weighted by atomic mass is 10.1. The Hall–Kier alpha value is -0.760. The molecule has 1 aromatic rings. The zero-order chi connectivity index (χ0) is 14.9. The van der Waals surface area contributed by atoms with Gasteiger partial charge in [-0.3, -0.25) is 0 Å². The van der Waals surface area contributed by atoms with Crippen LogP contribution in [0.15, 0.2) is 17.0 Å². The highest BCUT2D eigenvalue weighted by atomic mass is 35.5. The van der Waals surface area contributed by atoms with Crippen molar-refractivity contribution in [3.05, 3.63) is 28.8 Å². The average Bonchev–Trinajstić information content (AvgIpc) is 2.78. The topological polar surface area (TPSA) is 66.4 Å². The van der Waals surface area contributed by atoms with Gasteiger partial charge in [-0.2, -0.15) is 0 Å². The number of sulfonamides is 1. The Morgan fingerprint density at radius 3 is 2.65 bits per heavy atom. The lowest BCUT2D eigenvalue weighted by molar-refractivity contribution is 0.178. The molecular formula is C12H14ClF2NO3S. The first-order chi connectivity index (χ1) is 9.31. The molecule has 0 aromatic heterocycles. The molecular weight excluding hydrogens is 312 g/mol. The van der Waals surface area contributed by atoms with Gasteiger partial charge in [0.05, 0.1) is 11.1 Å². The normalized spacial score (nSPS) is 23.2. The fourth-order valence-electron chi connectivity index (χ4n) is 2.29. The molecule has 1 fully saturated rings. The predicted molar refractivity (Wildman–Crippen MR) is 69.9 cm³/mol. The fourth-order valence-corrected chi connectivity index (χ4v) is 4.00. The van der Waals surface area contributed by atoms with Crippen molar-refractivity contribution in [1.82, 2.24) is 4.72 Å². The van der Waals surface area contributed by atoms with Crippen LogP contribution in [0.1, 0.15) is 19.3 Å². The van der Waals surface area contributed by atoms with Crippen LogP contribution >= 0.6 is 11.6 Å². The molecule has 20 heavy (non-hydrogen) atoms. The predicted octanol–water partition coefficient (Wildman–Crippen LogP) is 2.06. The van der Waals surface area contributed by atoms with Crippen LogP contribution in [0.25, 0.3) is 0 Å². The SMILES string of the molecule is O=S(=O)(NCC1CCC(O)C1)c1c(Cl)ccc(F)c1F. The zero-order valence-electron chi connectivity index (χ0n) is 10.4. The molecule has 112 valence electrons. The van der Waals surface area contributed by atoms with Crippen molar-refractivity contribution in [3.63, 3.8) is 0 Å². The average molecular weight is 326 g/mol. The number of hydrogen-bond donors (Lipinski definition) is 2. The number of rotatable bonds is 4. The van der Waals surface area contributed by atoms with Gasteiger partial charge in [0.1, 0.15) is 4.90 Å². The summed E-state index contributed by atoms with van der Waals surface area (Å²) in [5.41, 5.74) is 0. The quantitative estimate of drug-likeness (QED) is 0.833. The lowest BCUT2D eigenvalue weighted by Gasteiger charge is -2.13. The summed E-state index contributed by atoms with van der Waals surface area (Å²) in [4.78, 5) is -0.877. The summed E-state index contributed by atoms with van der Waals surface area (Å²) in [6.45, 7) is 0.0612. The number of nitrogens with one attached hydrogen (secondary N) is 1. The molecule has 0 saturated heterocycles. The van der Waals surface area contributed by atoms with Gasteiger partial charge in [0.15, 0.2) is 11.6 Å². The van der Waals surface area contributed by atoms with Crippen molar-refractivity contribution in [1.29, 1.82) is 0 Å². The monoisotopic (exact) mass is 325 g/mol. The van der Waals surface area contributed by atoms with Crippen LogP contribution < -0.4 is 4.72 Å². The third-order valence-corrected chi connectivity index (χ3v) is 5.26. The van der Waals surface area contributed by atoms with Gasteiger partial charge < -0.3 is 5.11 Å². The molecule has 0 aliphatic heterocycles. The zero-order valence-corrected chi connectivity index (χ0v) is 12.0. The maximum absolute atomic E-state index is 13.6. The van der Waals surface area contributed by atoms with Crippen LogP contribution in [-0.2, 0) is 10.0 Å². The third kappa shape index (κ3) is 3.28. The second kappa shape index (κ2) is 5.93.